The molecule has 0 radical (unpaired) electrons. The molecule has 0 unspecified atom stereocenters. The Morgan fingerprint density at radius 2 is 0.830 bits per heavy atom. The lowest BCUT2D eigenvalue weighted by Gasteiger charge is -2.13. The van der Waals surface area contributed by atoms with Gasteiger partial charge in [0.15, 0.2) is 17.5 Å². The summed E-state index contributed by atoms with van der Waals surface area (Å²) in [5, 5.41) is 4.51. The number of fused-ring (bicyclic) bond motifs is 4. The van der Waals surface area contributed by atoms with Crippen molar-refractivity contribution < 1.29 is 4.42 Å². The van der Waals surface area contributed by atoms with Crippen LogP contribution in [0, 0.1) is 0 Å². The van der Waals surface area contributed by atoms with Crippen LogP contribution in [0.2, 0.25) is 0 Å². The summed E-state index contributed by atoms with van der Waals surface area (Å²) in [6.07, 6.45) is 0. The fraction of sp³-hybridized carbons (Fsp3) is 0. The van der Waals surface area contributed by atoms with Crippen LogP contribution in [-0.4, -0.2) is 15.0 Å². The summed E-state index contributed by atoms with van der Waals surface area (Å²) in [4.78, 5) is 15.5. The van der Waals surface area contributed by atoms with E-state index in [2.05, 4.69) is 146 Å². The highest BCUT2D eigenvalue weighted by atomic mass is 16.3. The Morgan fingerprint density at radius 1 is 0.283 bits per heavy atom. The summed E-state index contributed by atoms with van der Waals surface area (Å²) in [6.45, 7) is 0. The number of aromatic nitrogens is 3. The molecule has 4 heteroatoms. The lowest BCUT2D eigenvalue weighted by atomic mass is 9.95. The van der Waals surface area contributed by atoms with Gasteiger partial charge in [0.25, 0.3) is 0 Å². The molecule has 0 atom stereocenters. The van der Waals surface area contributed by atoms with Gasteiger partial charge in [0.05, 0.1) is 0 Å². The van der Waals surface area contributed by atoms with Crippen molar-refractivity contribution >= 4 is 32.7 Å². The molecule has 0 N–H and O–H groups in total. The number of hydrogen-bond acceptors (Lipinski definition) is 4. The summed E-state index contributed by atoms with van der Waals surface area (Å²) < 4.78 is 6.15. The number of furan rings is 1. The van der Waals surface area contributed by atoms with Gasteiger partial charge in [-0.15, -0.1) is 0 Å². The highest BCUT2D eigenvalue weighted by Crippen LogP contribution is 2.36. The van der Waals surface area contributed by atoms with Crippen LogP contribution < -0.4 is 0 Å². The maximum absolute atomic E-state index is 6.15. The van der Waals surface area contributed by atoms with E-state index >= 15 is 0 Å². The SMILES string of the molecule is c1ccc(-c2ccccc2-c2nc(-c3cccc(-c4ccc5c(-c6ccccc6)cccc5c4)c3)nc(-c3ccc4oc5ccccc5c4c3)n2)cc1. The Bertz CT molecular complexity index is 2950. The largest absolute Gasteiger partial charge is 0.456 e. The minimum absolute atomic E-state index is 0.601. The van der Waals surface area contributed by atoms with Gasteiger partial charge < -0.3 is 4.42 Å². The van der Waals surface area contributed by atoms with E-state index in [4.69, 9.17) is 19.4 Å². The van der Waals surface area contributed by atoms with Crippen molar-refractivity contribution in [2.75, 3.05) is 0 Å². The molecule has 0 aliphatic rings. The standard InChI is InChI=1S/C49H31N3O/c1-3-13-32(14-4-1)39-23-12-18-36-29-35(25-27-41(36)39)34-17-11-19-37(30-34)47-50-48(38-26-28-46-44(31-38)42-21-9-10-24-45(42)53-46)52-49(51-47)43-22-8-7-20-40(43)33-15-5-2-6-16-33/h1-31H. The molecule has 53 heavy (non-hydrogen) atoms. The molecular formula is C49H31N3O. The molecular weight excluding hydrogens is 647 g/mol. The highest BCUT2D eigenvalue weighted by molar-refractivity contribution is 6.06. The molecule has 4 nitrogen and oxygen atoms in total. The van der Waals surface area contributed by atoms with E-state index in [1.54, 1.807) is 0 Å². The Morgan fingerprint density at radius 3 is 1.64 bits per heavy atom. The van der Waals surface area contributed by atoms with Gasteiger partial charge in [0.1, 0.15) is 11.2 Å². The van der Waals surface area contributed by atoms with E-state index in [0.29, 0.717) is 17.5 Å². The molecule has 10 aromatic rings. The van der Waals surface area contributed by atoms with Crippen LogP contribution in [0.4, 0.5) is 0 Å². The summed E-state index contributed by atoms with van der Waals surface area (Å²) in [5.41, 5.74) is 11.3. The zero-order valence-corrected chi connectivity index (χ0v) is 28.6. The molecule has 0 amide bonds. The van der Waals surface area contributed by atoms with Crippen molar-refractivity contribution in [3.8, 4) is 67.5 Å². The first kappa shape index (κ1) is 30.6. The topological polar surface area (TPSA) is 51.8 Å². The number of benzene rings is 8. The summed E-state index contributed by atoms with van der Waals surface area (Å²) in [6, 6.07) is 65.3. The average Bonchev–Trinajstić information content (AvgIpc) is 3.62. The summed E-state index contributed by atoms with van der Waals surface area (Å²) in [5.74, 6) is 1.83. The first-order chi connectivity index (χ1) is 26.2. The van der Waals surface area contributed by atoms with Crippen molar-refractivity contribution in [3.05, 3.63) is 188 Å². The molecule has 0 aliphatic heterocycles. The third kappa shape index (κ3) is 5.63. The van der Waals surface area contributed by atoms with Crippen molar-refractivity contribution in [1.82, 2.24) is 15.0 Å². The van der Waals surface area contributed by atoms with Crippen LogP contribution >= 0.6 is 0 Å². The van der Waals surface area contributed by atoms with Gasteiger partial charge in [-0.3, -0.25) is 0 Å². The molecule has 2 heterocycles. The molecule has 10 rings (SSSR count). The zero-order valence-electron chi connectivity index (χ0n) is 28.6. The van der Waals surface area contributed by atoms with E-state index in [-0.39, 0.29) is 0 Å². The van der Waals surface area contributed by atoms with Gasteiger partial charge in [-0.25, -0.2) is 15.0 Å². The third-order valence-corrected chi connectivity index (χ3v) is 9.94. The predicted octanol–water partition coefficient (Wildman–Crippen LogP) is 12.9. The lowest BCUT2D eigenvalue weighted by Crippen LogP contribution is -2.01. The van der Waals surface area contributed by atoms with Crippen molar-refractivity contribution in [1.29, 1.82) is 0 Å². The maximum Gasteiger partial charge on any atom is 0.164 e. The quantitative estimate of drug-likeness (QED) is 0.176. The van der Waals surface area contributed by atoms with E-state index in [1.165, 1.54) is 21.9 Å². The van der Waals surface area contributed by atoms with E-state index < -0.39 is 0 Å². The Balaban J connectivity index is 1.12. The second-order valence-electron chi connectivity index (χ2n) is 13.2. The molecule has 0 bridgehead atoms. The first-order valence-corrected chi connectivity index (χ1v) is 17.8. The second-order valence-corrected chi connectivity index (χ2v) is 13.2. The van der Waals surface area contributed by atoms with Crippen LogP contribution in [0.25, 0.3) is 100 Å². The smallest absolute Gasteiger partial charge is 0.164 e. The summed E-state index contributed by atoms with van der Waals surface area (Å²) in [7, 11) is 0. The number of hydrogen-bond donors (Lipinski definition) is 0. The fourth-order valence-electron chi connectivity index (χ4n) is 7.34. The van der Waals surface area contributed by atoms with Gasteiger partial charge in [-0.2, -0.15) is 0 Å². The van der Waals surface area contributed by atoms with Crippen LogP contribution in [0.3, 0.4) is 0 Å². The van der Waals surface area contributed by atoms with Crippen molar-refractivity contribution in [2.45, 2.75) is 0 Å². The lowest BCUT2D eigenvalue weighted by molar-refractivity contribution is 0.669. The van der Waals surface area contributed by atoms with Crippen LogP contribution in [0.5, 0.6) is 0 Å². The van der Waals surface area contributed by atoms with Gasteiger partial charge >= 0.3 is 0 Å². The van der Waals surface area contributed by atoms with Gasteiger partial charge in [-0.05, 0) is 80.6 Å². The van der Waals surface area contributed by atoms with E-state index in [9.17, 15) is 0 Å². The van der Waals surface area contributed by atoms with Crippen LogP contribution in [0.1, 0.15) is 0 Å². The van der Waals surface area contributed by atoms with Gasteiger partial charge in [-0.1, -0.05) is 152 Å². The van der Waals surface area contributed by atoms with Crippen molar-refractivity contribution in [2.24, 2.45) is 0 Å². The van der Waals surface area contributed by atoms with Crippen molar-refractivity contribution in [3.63, 3.8) is 0 Å². The molecule has 0 saturated carbocycles. The Labute approximate surface area is 306 Å². The fourth-order valence-corrected chi connectivity index (χ4v) is 7.34. The molecule has 8 aromatic carbocycles. The predicted molar refractivity (Wildman–Crippen MR) is 217 cm³/mol. The minimum atomic E-state index is 0.601. The monoisotopic (exact) mass is 677 g/mol. The van der Waals surface area contributed by atoms with E-state index in [0.717, 1.165) is 60.9 Å². The maximum atomic E-state index is 6.15. The summed E-state index contributed by atoms with van der Waals surface area (Å²) >= 11 is 0. The molecule has 0 fully saturated rings. The molecule has 248 valence electrons. The third-order valence-electron chi connectivity index (χ3n) is 9.94. The first-order valence-electron chi connectivity index (χ1n) is 17.8. The molecule has 0 spiro atoms. The highest BCUT2D eigenvalue weighted by Gasteiger charge is 2.17. The van der Waals surface area contributed by atoms with Gasteiger partial charge in [0, 0.05) is 27.5 Å². The minimum Gasteiger partial charge on any atom is -0.456 e. The van der Waals surface area contributed by atoms with Crippen LogP contribution in [0.15, 0.2) is 192 Å². The number of nitrogens with zero attached hydrogens (tertiary/aromatic N) is 3. The normalized spacial score (nSPS) is 11.4. The second kappa shape index (κ2) is 12.9. The zero-order chi connectivity index (χ0) is 35.1. The van der Waals surface area contributed by atoms with E-state index in [1.807, 2.05) is 42.5 Å². The number of para-hydroxylation sites is 1. The van der Waals surface area contributed by atoms with Gasteiger partial charge in [0.2, 0.25) is 0 Å². The molecule has 0 aliphatic carbocycles. The van der Waals surface area contributed by atoms with Crippen LogP contribution in [-0.2, 0) is 0 Å². The molecule has 2 aromatic heterocycles. The average molecular weight is 678 g/mol. The Kier molecular flexibility index (Phi) is 7.43. The number of rotatable bonds is 6. The molecule has 0 saturated heterocycles. The Hall–Kier alpha value is -7.17.